The number of benzene rings is 1. The summed E-state index contributed by atoms with van der Waals surface area (Å²) in [6.45, 7) is 0. The summed E-state index contributed by atoms with van der Waals surface area (Å²) in [6, 6.07) is 4.44. The Balaban J connectivity index is 3.47. The highest BCUT2D eigenvalue weighted by atomic mass is 127. The van der Waals surface area contributed by atoms with Crippen LogP contribution in [0.4, 0.5) is 0 Å². The number of hydrogen-bond donors (Lipinski definition) is 2. The number of nitrogens with zero attached hydrogens (tertiary/aromatic N) is 1. The van der Waals surface area contributed by atoms with Gasteiger partial charge in [0.05, 0.1) is 5.56 Å². The highest BCUT2D eigenvalue weighted by Crippen LogP contribution is 2.24. The van der Waals surface area contributed by atoms with Gasteiger partial charge in [0.25, 0.3) is 0 Å². The SMILES string of the molecule is N#Cc1cc(I)cc(C(=O)O)c1O. The molecule has 0 fully saturated rings. The second-order valence-corrected chi connectivity index (χ2v) is 3.51. The zero-order valence-corrected chi connectivity index (χ0v) is 8.44. The molecular weight excluding hydrogens is 285 g/mol. The Morgan fingerprint density at radius 2 is 2.15 bits per heavy atom. The van der Waals surface area contributed by atoms with Gasteiger partial charge in [-0.15, -0.1) is 0 Å². The van der Waals surface area contributed by atoms with E-state index in [1.54, 1.807) is 6.07 Å². The van der Waals surface area contributed by atoms with Gasteiger partial charge in [-0.1, -0.05) is 0 Å². The molecule has 1 rings (SSSR count). The summed E-state index contributed by atoms with van der Waals surface area (Å²) in [5, 5.41) is 26.5. The second-order valence-electron chi connectivity index (χ2n) is 2.27. The lowest BCUT2D eigenvalue weighted by Crippen LogP contribution is -1.98. The molecule has 0 bridgehead atoms. The van der Waals surface area contributed by atoms with Crippen LogP contribution in [0.25, 0.3) is 0 Å². The third kappa shape index (κ3) is 1.89. The number of carbonyl (C=O) groups is 1. The summed E-state index contributed by atoms with van der Waals surface area (Å²) in [5.41, 5.74) is -0.271. The minimum absolute atomic E-state index is 0.0238. The maximum Gasteiger partial charge on any atom is 0.339 e. The van der Waals surface area contributed by atoms with E-state index in [1.807, 2.05) is 22.6 Å². The van der Waals surface area contributed by atoms with Gasteiger partial charge in [-0.05, 0) is 34.7 Å². The van der Waals surface area contributed by atoms with E-state index in [1.165, 1.54) is 12.1 Å². The van der Waals surface area contributed by atoms with Gasteiger partial charge in [0.2, 0.25) is 0 Å². The molecule has 0 spiro atoms. The fourth-order valence-corrected chi connectivity index (χ4v) is 1.47. The molecule has 1 aromatic rings. The molecular formula is C8H4INO3. The van der Waals surface area contributed by atoms with Crippen LogP contribution >= 0.6 is 22.6 Å². The third-order valence-electron chi connectivity index (χ3n) is 1.43. The lowest BCUT2D eigenvalue weighted by molar-refractivity contribution is 0.0693. The third-order valence-corrected chi connectivity index (χ3v) is 2.05. The van der Waals surface area contributed by atoms with Crippen LogP contribution in [-0.2, 0) is 0 Å². The average Bonchev–Trinajstić information content (AvgIpc) is 2.08. The molecule has 0 aliphatic carbocycles. The summed E-state index contributed by atoms with van der Waals surface area (Å²) in [7, 11) is 0. The van der Waals surface area contributed by atoms with Crippen molar-refractivity contribution >= 4 is 28.6 Å². The van der Waals surface area contributed by atoms with E-state index in [0.717, 1.165) is 0 Å². The predicted octanol–water partition coefficient (Wildman–Crippen LogP) is 1.57. The molecule has 0 aromatic heterocycles. The van der Waals surface area contributed by atoms with Gasteiger partial charge < -0.3 is 10.2 Å². The molecule has 0 aliphatic rings. The molecule has 0 radical (unpaired) electrons. The van der Waals surface area contributed by atoms with Crippen LogP contribution in [0.2, 0.25) is 0 Å². The molecule has 66 valence electrons. The zero-order chi connectivity index (χ0) is 10.0. The van der Waals surface area contributed by atoms with Gasteiger partial charge in [0.1, 0.15) is 17.4 Å². The van der Waals surface area contributed by atoms with Gasteiger partial charge in [0.15, 0.2) is 0 Å². The van der Waals surface area contributed by atoms with Crippen molar-refractivity contribution in [3.05, 3.63) is 26.8 Å². The van der Waals surface area contributed by atoms with Crippen LogP contribution in [-0.4, -0.2) is 16.2 Å². The van der Waals surface area contributed by atoms with Crippen LogP contribution in [0.15, 0.2) is 12.1 Å². The monoisotopic (exact) mass is 289 g/mol. The van der Waals surface area contributed by atoms with Crippen molar-refractivity contribution in [2.24, 2.45) is 0 Å². The average molecular weight is 289 g/mol. The maximum absolute atomic E-state index is 10.6. The van der Waals surface area contributed by atoms with Gasteiger partial charge >= 0.3 is 5.97 Å². The highest BCUT2D eigenvalue weighted by molar-refractivity contribution is 14.1. The Labute approximate surface area is 87.6 Å². The van der Waals surface area contributed by atoms with Crippen molar-refractivity contribution in [2.45, 2.75) is 0 Å². The van der Waals surface area contributed by atoms with Crippen molar-refractivity contribution < 1.29 is 15.0 Å². The van der Waals surface area contributed by atoms with Crippen molar-refractivity contribution in [1.82, 2.24) is 0 Å². The molecule has 0 saturated heterocycles. The number of hydrogen-bond acceptors (Lipinski definition) is 3. The molecule has 0 saturated carbocycles. The smallest absolute Gasteiger partial charge is 0.339 e. The van der Waals surface area contributed by atoms with Crippen LogP contribution in [0, 0.1) is 14.9 Å². The lowest BCUT2D eigenvalue weighted by Gasteiger charge is -2.01. The van der Waals surface area contributed by atoms with Crippen molar-refractivity contribution in [1.29, 1.82) is 5.26 Å². The number of rotatable bonds is 1. The Hall–Kier alpha value is -1.29. The van der Waals surface area contributed by atoms with Gasteiger partial charge in [-0.2, -0.15) is 5.26 Å². The molecule has 4 nitrogen and oxygen atoms in total. The normalized spacial score (nSPS) is 9.23. The van der Waals surface area contributed by atoms with E-state index < -0.39 is 11.7 Å². The number of carboxylic acid groups (broad SMARTS) is 1. The number of aromatic carboxylic acids is 1. The molecule has 0 aliphatic heterocycles. The number of aromatic hydroxyl groups is 1. The van der Waals surface area contributed by atoms with Crippen LogP contribution in [0.1, 0.15) is 15.9 Å². The van der Waals surface area contributed by atoms with E-state index in [0.29, 0.717) is 3.57 Å². The fourth-order valence-electron chi connectivity index (χ4n) is 0.847. The Bertz CT molecular complexity index is 409. The van der Waals surface area contributed by atoms with Gasteiger partial charge in [-0.25, -0.2) is 4.79 Å². The molecule has 0 amide bonds. The zero-order valence-electron chi connectivity index (χ0n) is 6.28. The Morgan fingerprint density at radius 1 is 1.54 bits per heavy atom. The number of nitriles is 1. The fraction of sp³-hybridized carbons (Fsp3) is 0. The number of phenols is 1. The largest absolute Gasteiger partial charge is 0.506 e. The van der Waals surface area contributed by atoms with E-state index >= 15 is 0 Å². The first kappa shape index (κ1) is 9.80. The minimum atomic E-state index is -1.24. The van der Waals surface area contributed by atoms with E-state index in [4.69, 9.17) is 10.4 Å². The van der Waals surface area contributed by atoms with E-state index in [2.05, 4.69) is 0 Å². The predicted molar refractivity (Wildman–Crippen MR) is 52.5 cm³/mol. The molecule has 1 aromatic carbocycles. The maximum atomic E-state index is 10.6. The standard InChI is InChI=1S/C8H4INO3/c9-5-1-4(3-10)7(11)6(2-5)8(12)13/h1-2,11H,(H,12,13). The van der Waals surface area contributed by atoms with Crippen molar-refractivity contribution in [3.63, 3.8) is 0 Å². The van der Waals surface area contributed by atoms with Crippen LogP contribution in [0.3, 0.4) is 0 Å². The first-order chi connectivity index (χ1) is 6.06. The topological polar surface area (TPSA) is 81.3 Å². The Morgan fingerprint density at radius 3 is 2.62 bits per heavy atom. The summed E-state index contributed by atoms with van der Waals surface area (Å²) in [4.78, 5) is 10.6. The molecule has 0 atom stereocenters. The number of halogens is 1. The molecule has 0 heterocycles. The Kier molecular flexibility index (Phi) is 2.72. The molecule has 2 N–H and O–H groups in total. The first-order valence-electron chi connectivity index (χ1n) is 3.22. The minimum Gasteiger partial charge on any atom is -0.506 e. The summed E-state index contributed by atoms with van der Waals surface area (Å²) in [5.74, 6) is -1.72. The quantitative estimate of drug-likeness (QED) is 0.769. The second kappa shape index (κ2) is 3.62. The number of carboxylic acids is 1. The first-order valence-corrected chi connectivity index (χ1v) is 4.30. The summed E-state index contributed by atoms with van der Waals surface area (Å²) >= 11 is 1.88. The molecule has 5 heteroatoms. The van der Waals surface area contributed by atoms with Gasteiger partial charge in [0, 0.05) is 3.57 Å². The van der Waals surface area contributed by atoms with E-state index in [9.17, 15) is 9.90 Å². The summed E-state index contributed by atoms with van der Waals surface area (Å²) < 4.78 is 0.601. The van der Waals surface area contributed by atoms with Crippen LogP contribution < -0.4 is 0 Å². The lowest BCUT2D eigenvalue weighted by atomic mass is 10.1. The van der Waals surface area contributed by atoms with Crippen molar-refractivity contribution in [3.8, 4) is 11.8 Å². The van der Waals surface area contributed by atoms with Crippen LogP contribution in [0.5, 0.6) is 5.75 Å². The molecule has 0 unspecified atom stereocenters. The van der Waals surface area contributed by atoms with E-state index in [-0.39, 0.29) is 11.1 Å². The van der Waals surface area contributed by atoms with Crippen molar-refractivity contribution in [2.75, 3.05) is 0 Å². The van der Waals surface area contributed by atoms with Gasteiger partial charge in [-0.3, -0.25) is 0 Å². The highest BCUT2D eigenvalue weighted by Gasteiger charge is 2.14. The molecule has 13 heavy (non-hydrogen) atoms. The summed E-state index contributed by atoms with van der Waals surface area (Å²) in [6.07, 6.45) is 0.